The Morgan fingerprint density at radius 3 is 1.98 bits per heavy atom. The Morgan fingerprint density at radius 1 is 0.894 bits per heavy atom. The molecule has 0 amide bonds. The molecule has 0 unspecified atom stereocenters. The second-order valence-corrected chi connectivity index (χ2v) is 13.7. The van der Waals surface area contributed by atoms with Gasteiger partial charge >= 0.3 is 29.8 Å². The van der Waals surface area contributed by atoms with Crippen molar-refractivity contribution in [1.29, 1.82) is 0 Å². The van der Waals surface area contributed by atoms with Gasteiger partial charge in [0.15, 0.2) is 18.0 Å². The van der Waals surface area contributed by atoms with Crippen molar-refractivity contribution >= 4 is 35.6 Å². The molecule has 0 spiro atoms. The molecule has 9 atom stereocenters. The molecule has 4 rings (SSSR count). The molecule has 47 heavy (non-hydrogen) atoms. The number of carbonyl (C=O) groups is 6. The van der Waals surface area contributed by atoms with Crippen LogP contribution in [0.4, 0.5) is 0 Å². The monoisotopic (exact) mass is 656 g/mol. The van der Waals surface area contributed by atoms with Gasteiger partial charge in [-0.05, 0) is 35.1 Å². The van der Waals surface area contributed by atoms with E-state index in [0.29, 0.717) is 17.6 Å². The lowest BCUT2D eigenvalue weighted by Crippen LogP contribution is -2.70. The van der Waals surface area contributed by atoms with E-state index in [1.54, 1.807) is 33.3 Å². The topological polar surface area (TPSA) is 162 Å². The van der Waals surface area contributed by atoms with Crippen molar-refractivity contribution in [3.63, 3.8) is 0 Å². The molecule has 3 aliphatic rings. The summed E-state index contributed by atoms with van der Waals surface area (Å²) in [6.07, 6.45) is -0.137. The molecular formula is C35H44O12. The number of esters is 5. The molecule has 0 aromatic carbocycles. The van der Waals surface area contributed by atoms with E-state index in [-0.39, 0.29) is 12.3 Å². The number of Topliss-reactive ketones (excluding diaryl/α,β-unsaturated/α-hetero) is 1. The van der Waals surface area contributed by atoms with Gasteiger partial charge in [0.1, 0.15) is 12.2 Å². The number of methoxy groups -OCH3 is 1. The summed E-state index contributed by atoms with van der Waals surface area (Å²) in [6.45, 7) is 16.1. The number of allylic oxidation sites excluding steroid dienone is 1. The summed E-state index contributed by atoms with van der Waals surface area (Å²) in [5, 5.41) is 0. The average molecular weight is 657 g/mol. The minimum Gasteiger partial charge on any atom is -0.472 e. The summed E-state index contributed by atoms with van der Waals surface area (Å²) in [5.74, 6) is -6.41. The van der Waals surface area contributed by atoms with Crippen LogP contribution in [0.25, 0.3) is 0 Å². The molecule has 12 heteroatoms. The summed E-state index contributed by atoms with van der Waals surface area (Å²) in [6, 6.07) is 1.82. The van der Waals surface area contributed by atoms with E-state index in [2.05, 4.69) is 6.58 Å². The molecule has 3 aliphatic carbocycles. The zero-order valence-electron chi connectivity index (χ0n) is 28.4. The maximum Gasteiger partial charge on any atom is 0.305 e. The number of carbonyl (C=O) groups excluding carboxylic acids is 6. The number of hydrogen-bond acceptors (Lipinski definition) is 12. The molecule has 0 radical (unpaired) electrons. The first-order chi connectivity index (χ1) is 21.8. The van der Waals surface area contributed by atoms with Crippen molar-refractivity contribution in [2.45, 2.75) is 98.6 Å². The SMILES string of the molecule is C=C1C2=CC[C@@H](c3ccoc3)[C@]2(C)[C@@H](OC(C)=O)[C@H](OC(C)=O)[C@@H]1[C@@]1(C)[C@@H](OC(C)=O)[C@@H](OC(C)=O)C(=O)C(C)(C)[C@@H]1CC(=O)OC. The normalized spacial score (nSPS) is 34.4. The lowest BCUT2D eigenvalue weighted by atomic mass is 9.44. The van der Waals surface area contributed by atoms with Crippen LogP contribution in [0.3, 0.4) is 0 Å². The molecule has 1 heterocycles. The van der Waals surface area contributed by atoms with E-state index in [0.717, 1.165) is 19.4 Å². The Balaban J connectivity index is 2.08. The first-order valence-corrected chi connectivity index (χ1v) is 15.5. The lowest BCUT2D eigenvalue weighted by Gasteiger charge is -2.62. The molecule has 2 fully saturated rings. The highest BCUT2D eigenvalue weighted by atomic mass is 16.6. The van der Waals surface area contributed by atoms with E-state index >= 15 is 0 Å². The van der Waals surface area contributed by atoms with Gasteiger partial charge in [0, 0.05) is 62.2 Å². The maximum absolute atomic E-state index is 14.2. The van der Waals surface area contributed by atoms with E-state index in [4.69, 9.17) is 28.1 Å². The summed E-state index contributed by atoms with van der Waals surface area (Å²) in [4.78, 5) is 78.2. The van der Waals surface area contributed by atoms with Crippen molar-refractivity contribution in [3.05, 3.63) is 48.0 Å². The van der Waals surface area contributed by atoms with Crippen molar-refractivity contribution < 1.29 is 56.9 Å². The number of furan rings is 1. The Hall–Kier alpha value is -4.22. The van der Waals surface area contributed by atoms with Crippen LogP contribution >= 0.6 is 0 Å². The Morgan fingerprint density at radius 2 is 1.47 bits per heavy atom. The van der Waals surface area contributed by atoms with Crippen LogP contribution in [0.2, 0.25) is 0 Å². The van der Waals surface area contributed by atoms with Crippen molar-refractivity contribution in [2.24, 2.45) is 28.1 Å². The van der Waals surface area contributed by atoms with Crippen molar-refractivity contribution in [3.8, 4) is 0 Å². The predicted octanol–water partition coefficient (Wildman–Crippen LogP) is 4.41. The number of fused-ring (bicyclic) bond motifs is 1. The Bertz CT molecular complexity index is 1500. The van der Waals surface area contributed by atoms with Crippen LogP contribution in [0.1, 0.15) is 79.7 Å². The minimum absolute atomic E-state index is 0.280. The second kappa shape index (κ2) is 12.8. The smallest absolute Gasteiger partial charge is 0.305 e. The zero-order chi connectivity index (χ0) is 35.2. The molecule has 0 aliphatic heterocycles. The molecule has 12 nitrogen and oxygen atoms in total. The van der Waals surface area contributed by atoms with Gasteiger partial charge in [-0.1, -0.05) is 40.3 Å². The zero-order valence-corrected chi connectivity index (χ0v) is 28.4. The quantitative estimate of drug-likeness (QED) is 0.287. The molecule has 1 aromatic heterocycles. The second-order valence-electron chi connectivity index (χ2n) is 13.7. The first kappa shape index (κ1) is 35.6. The van der Waals surface area contributed by atoms with Crippen LogP contribution in [0.15, 0.2) is 46.8 Å². The maximum atomic E-state index is 14.2. The van der Waals surface area contributed by atoms with E-state index in [9.17, 15) is 28.8 Å². The molecular weight excluding hydrogens is 612 g/mol. The molecule has 2 saturated carbocycles. The van der Waals surface area contributed by atoms with E-state index in [1.165, 1.54) is 21.0 Å². The highest BCUT2D eigenvalue weighted by molar-refractivity contribution is 5.93. The average Bonchev–Trinajstić information content (AvgIpc) is 3.61. The van der Waals surface area contributed by atoms with Crippen LogP contribution < -0.4 is 0 Å². The summed E-state index contributed by atoms with van der Waals surface area (Å²) in [7, 11) is 1.21. The fourth-order valence-electron chi connectivity index (χ4n) is 8.73. The van der Waals surface area contributed by atoms with Crippen LogP contribution in [0, 0.1) is 28.1 Å². The Labute approximate surface area is 274 Å². The summed E-state index contributed by atoms with van der Waals surface area (Å²) in [5.41, 5.74) is -1.89. The lowest BCUT2D eigenvalue weighted by molar-refractivity contribution is -0.232. The molecule has 0 bridgehead atoms. The van der Waals surface area contributed by atoms with E-state index in [1.807, 2.05) is 19.1 Å². The van der Waals surface area contributed by atoms with Crippen LogP contribution in [-0.4, -0.2) is 67.2 Å². The van der Waals surface area contributed by atoms with Crippen LogP contribution in [0.5, 0.6) is 0 Å². The minimum atomic E-state index is -1.59. The fourth-order valence-corrected chi connectivity index (χ4v) is 8.73. The number of ether oxygens (including phenoxy) is 5. The van der Waals surface area contributed by atoms with Gasteiger partial charge in [-0.25, -0.2) is 0 Å². The third-order valence-corrected chi connectivity index (χ3v) is 10.6. The van der Waals surface area contributed by atoms with Gasteiger partial charge in [-0.15, -0.1) is 0 Å². The number of rotatable bonds is 8. The van der Waals surface area contributed by atoms with E-state index < -0.39 is 88.1 Å². The molecule has 0 N–H and O–H groups in total. The number of ketones is 1. The van der Waals surface area contributed by atoms with Crippen LogP contribution in [-0.2, 0) is 52.5 Å². The highest BCUT2D eigenvalue weighted by Gasteiger charge is 2.71. The van der Waals surface area contributed by atoms with Gasteiger partial charge in [0.2, 0.25) is 0 Å². The Kier molecular flexibility index (Phi) is 9.68. The van der Waals surface area contributed by atoms with Crippen molar-refractivity contribution in [1.82, 2.24) is 0 Å². The fraction of sp³-hybridized carbons (Fsp3) is 0.600. The van der Waals surface area contributed by atoms with Crippen molar-refractivity contribution in [2.75, 3.05) is 7.11 Å². The predicted molar refractivity (Wildman–Crippen MR) is 164 cm³/mol. The highest BCUT2D eigenvalue weighted by Crippen LogP contribution is 2.67. The van der Waals surface area contributed by atoms with Gasteiger partial charge in [-0.3, -0.25) is 28.8 Å². The van der Waals surface area contributed by atoms with Gasteiger partial charge < -0.3 is 28.1 Å². The largest absolute Gasteiger partial charge is 0.472 e. The third-order valence-electron chi connectivity index (χ3n) is 10.6. The standard InChI is InChI=1S/C35H44O12/c1-17-23-11-12-24(22-13-14-43-16-22)34(23,8)31(46-20(4)38)28(44-18(2)36)27(17)35(9)25(15-26(40)42-10)33(6,7)30(41)29(45-19(3)37)32(35)47-21(5)39/h11,13-14,16,24-25,27-29,31-32H,1,12,15H2,2-10H3/t24-,25-,27+,28+,29-,31-,32-,34+,35-/m0/s1. The van der Waals surface area contributed by atoms with Gasteiger partial charge in [-0.2, -0.15) is 0 Å². The number of hydrogen-bond donors (Lipinski definition) is 0. The summed E-state index contributed by atoms with van der Waals surface area (Å²) >= 11 is 0. The summed E-state index contributed by atoms with van der Waals surface area (Å²) < 4.78 is 34.2. The molecule has 1 aromatic rings. The van der Waals surface area contributed by atoms with Gasteiger partial charge in [0.05, 0.1) is 19.6 Å². The molecule has 0 saturated heterocycles. The molecule has 256 valence electrons. The third kappa shape index (κ3) is 5.91. The van der Waals surface area contributed by atoms with Gasteiger partial charge in [0.25, 0.3) is 0 Å². The first-order valence-electron chi connectivity index (χ1n) is 15.5.